The number of aldehydes is 1. The summed E-state index contributed by atoms with van der Waals surface area (Å²) in [5, 5.41) is 4.15. The molecular formula is C13H11ClF2N2O. The summed E-state index contributed by atoms with van der Waals surface area (Å²) in [4.78, 5) is 11.0. The van der Waals surface area contributed by atoms with Gasteiger partial charge in [-0.3, -0.25) is 4.79 Å². The molecule has 0 aliphatic heterocycles. The lowest BCUT2D eigenvalue weighted by molar-refractivity contribution is 0.112. The zero-order valence-electron chi connectivity index (χ0n) is 10.3. The van der Waals surface area contributed by atoms with Gasteiger partial charge in [0.05, 0.1) is 11.3 Å². The lowest BCUT2D eigenvalue weighted by Gasteiger charge is -2.04. The minimum absolute atomic E-state index is 0.00130. The summed E-state index contributed by atoms with van der Waals surface area (Å²) >= 11 is 6.03. The van der Waals surface area contributed by atoms with Gasteiger partial charge in [0.1, 0.15) is 16.7 Å². The lowest BCUT2D eigenvalue weighted by atomic mass is 10.1. The molecule has 2 rings (SSSR count). The van der Waals surface area contributed by atoms with E-state index in [1.54, 1.807) is 0 Å². The average Bonchev–Trinajstić information content (AvgIpc) is 2.66. The van der Waals surface area contributed by atoms with E-state index in [0.29, 0.717) is 12.0 Å². The van der Waals surface area contributed by atoms with Gasteiger partial charge in [-0.1, -0.05) is 25.4 Å². The van der Waals surface area contributed by atoms with E-state index in [-0.39, 0.29) is 22.3 Å². The fraction of sp³-hybridized carbons (Fsp3) is 0.231. The first kappa shape index (κ1) is 13.7. The van der Waals surface area contributed by atoms with Crippen LogP contribution in [0, 0.1) is 11.6 Å². The van der Waals surface area contributed by atoms with Crippen molar-refractivity contribution in [1.29, 1.82) is 0 Å². The van der Waals surface area contributed by atoms with Crippen molar-refractivity contribution in [2.75, 3.05) is 0 Å². The van der Waals surface area contributed by atoms with Crippen molar-refractivity contribution in [1.82, 2.24) is 9.78 Å². The number of benzene rings is 1. The number of hydrogen-bond donors (Lipinski definition) is 0. The maximum atomic E-state index is 13.7. The van der Waals surface area contributed by atoms with Gasteiger partial charge in [0.25, 0.3) is 0 Å². The monoisotopic (exact) mass is 284 g/mol. The molecule has 6 heteroatoms. The van der Waals surface area contributed by atoms with E-state index in [2.05, 4.69) is 5.10 Å². The quantitative estimate of drug-likeness (QED) is 0.805. The molecule has 0 aliphatic rings. The third-order valence-corrected chi connectivity index (χ3v) is 3.06. The number of halogens is 3. The summed E-state index contributed by atoms with van der Waals surface area (Å²) in [5.74, 6) is -1.52. The average molecular weight is 285 g/mol. The maximum absolute atomic E-state index is 13.7. The highest BCUT2D eigenvalue weighted by molar-refractivity contribution is 6.32. The van der Waals surface area contributed by atoms with E-state index in [0.717, 1.165) is 16.8 Å². The second-order valence-electron chi connectivity index (χ2n) is 4.37. The molecule has 1 aromatic carbocycles. The Hall–Kier alpha value is -1.75. The Kier molecular flexibility index (Phi) is 3.66. The van der Waals surface area contributed by atoms with Crippen LogP contribution in [-0.4, -0.2) is 16.1 Å². The first-order valence-electron chi connectivity index (χ1n) is 5.64. The maximum Gasteiger partial charge on any atom is 0.155 e. The largest absolute Gasteiger partial charge is 0.298 e. The molecule has 0 fully saturated rings. The lowest BCUT2D eigenvalue weighted by Crippen LogP contribution is -2.01. The molecule has 0 radical (unpaired) electrons. The van der Waals surface area contributed by atoms with Crippen molar-refractivity contribution >= 4 is 17.9 Å². The molecule has 0 unspecified atom stereocenters. The van der Waals surface area contributed by atoms with Crippen LogP contribution in [0.2, 0.25) is 5.15 Å². The predicted molar refractivity (Wildman–Crippen MR) is 68.0 cm³/mol. The smallest absolute Gasteiger partial charge is 0.155 e. The van der Waals surface area contributed by atoms with Crippen LogP contribution in [0.4, 0.5) is 8.78 Å². The summed E-state index contributed by atoms with van der Waals surface area (Å²) in [6, 6.07) is 3.07. The molecule has 1 heterocycles. The Labute approximate surface area is 113 Å². The van der Waals surface area contributed by atoms with Crippen molar-refractivity contribution in [3.05, 3.63) is 46.2 Å². The Morgan fingerprint density at radius 2 is 2.05 bits per heavy atom. The SMILES string of the molecule is CC(C)c1nn(-c2ccc(F)cc2F)c(Cl)c1C=O. The minimum Gasteiger partial charge on any atom is -0.298 e. The third-order valence-electron chi connectivity index (χ3n) is 2.69. The van der Waals surface area contributed by atoms with Gasteiger partial charge in [-0.05, 0) is 18.1 Å². The van der Waals surface area contributed by atoms with Crippen LogP contribution >= 0.6 is 11.6 Å². The topological polar surface area (TPSA) is 34.9 Å². The van der Waals surface area contributed by atoms with Gasteiger partial charge in [0.2, 0.25) is 0 Å². The van der Waals surface area contributed by atoms with Gasteiger partial charge in [-0.25, -0.2) is 13.5 Å². The van der Waals surface area contributed by atoms with Crippen LogP contribution in [0.25, 0.3) is 5.69 Å². The van der Waals surface area contributed by atoms with Gasteiger partial charge in [-0.15, -0.1) is 0 Å². The van der Waals surface area contributed by atoms with E-state index < -0.39 is 11.6 Å². The molecule has 0 saturated carbocycles. The van der Waals surface area contributed by atoms with E-state index in [9.17, 15) is 13.6 Å². The standard InChI is InChI=1S/C13H11ClF2N2O/c1-7(2)12-9(6-19)13(14)18(17-12)11-4-3-8(15)5-10(11)16/h3-7H,1-2H3. The van der Waals surface area contributed by atoms with Crippen molar-refractivity contribution in [3.8, 4) is 5.69 Å². The molecule has 0 bridgehead atoms. The minimum atomic E-state index is -0.794. The third kappa shape index (κ3) is 2.38. The fourth-order valence-corrected chi connectivity index (χ4v) is 2.04. The number of hydrogen-bond acceptors (Lipinski definition) is 2. The summed E-state index contributed by atoms with van der Waals surface area (Å²) in [6.07, 6.45) is 0.586. The van der Waals surface area contributed by atoms with Gasteiger partial charge >= 0.3 is 0 Å². The molecule has 0 atom stereocenters. The molecule has 2 aromatic rings. The zero-order chi connectivity index (χ0) is 14.2. The summed E-state index contributed by atoms with van der Waals surface area (Å²) in [6.45, 7) is 3.69. The molecule has 0 amide bonds. The van der Waals surface area contributed by atoms with Gasteiger partial charge in [0.15, 0.2) is 12.1 Å². The van der Waals surface area contributed by atoms with Gasteiger partial charge < -0.3 is 0 Å². The zero-order valence-corrected chi connectivity index (χ0v) is 11.1. The second kappa shape index (κ2) is 5.09. The highest BCUT2D eigenvalue weighted by Gasteiger charge is 2.20. The van der Waals surface area contributed by atoms with E-state index in [4.69, 9.17) is 11.6 Å². The molecule has 0 aliphatic carbocycles. The Morgan fingerprint density at radius 1 is 1.37 bits per heavy atom. The fourth-order valence-electron chi connectivity index (χ4n) is 1.77. The molecule has 0 saturated heterocycles. The molecule has 3 nitrogen and oxygen atoms in total. The highest BCUT2D eigenvalue weighted by atomic mass is 35.5. The number of aromatic nitrogens is 2. The summed E-state index contributed by atoms with van der Waals surface area (Å²) in [5.41, 5.74) is 0.700. The summed E-state index contributed by atoms with van der Waals surface area (Å²) < 4.78 is 27.7. The predicted octanol–water partition coefficient (Wildman–Crippen LogP) is 3.74. The van der Waals surface area contributed by atoms with Crippen molar-refractivity contribution < 1.29 is 13.6 Å². The number of nitrogens with zero attached hydrogens (tertiary/aromatic N) is 2. The number of rotatable bonds is 3. The highest BCUT2D eigenvalue weighted by Crippen LogP contribution is 2.28. The molecule has 19 heavy (non-hydrogen) atoms. The van der Waals surface area contributed by atoms with Crippen molar-refractivity contribution in [2.24, 2.45) is 0 Å². The van der Waals surface area contributed by atoms with Gasteiger partial charge in [-0.2, -0.15) is 5.10 Å². The van der Waals surface area contributed by atoms with Crippen molar-refractivity contribution in [2.45, 2.75) is 19.8 Å². The van der Waals surface area contributed by atoms with Crippen LogP contribution in [0.15, 0.2) is 18.2 Å². The van der Waals surface area contributed by atoms with Crippen LogP contribution in [0.1, 0.15) is 35.8 Å². The molecule has 100 valence electrons. The second-order valence-corrected chi connectivity index (χ2v) is 4.73. The van der Waals surface area contributed by atoms with Crippen LogP contribution < -0.4 is 0 Å². The van der Waals surface area contributed by atoms with E-state index in [1.807, 2.05) is 13.8 Å². The Bertz CT molecular complexity index is 638. The molecular weight excluding hydrogens is 274 g/mol. The molecule has 0 spiro atoms. The van der Waals surface area contributed by atoms with Crippen LogP contribution in [0.3, 0.4) is 0 Å². The number of carbonyl (C=O) groups is 1. The van der Waals surface area contributed by atoms with Crippen molar-refractivity contribution in [3.63, 3.8) is 0 Å². The number of carbonyl (C=O) groups excluding carboxylic acids is 1. The van der Waals surface area contributed by atoms with E-state index >= 15 is 0 Å². The molecule has 1 aromatic heterocycles. The normalized spacial score (nSPS) is 11.1. The molecule has 0 N–H and O–H groups in total. The Morgan fingerprint density at radius 3 is 2.53 bits per heavy atom. The van der Waals surface area contributed by atoms with E-state index in [1.165, 1.54) is 6.07 Å². The summed E-state index contributed by atoms with van der Waals surface area (Å²) in [7, 11) is 0. The Balaban J connectivity index is 2.66. The van der Waals surface area contributed by atoms with Crippen LogP contribution in [-0.2, 0) is 0 Å². The first-order valence-corrected chi connectivity index (χ1v) is 6.02. The van der Waals surface area contributed by atoms with Crippen LogP contribution in [0.5, 0.6) is 0 Å². The van der Waals surface area contributed by atoms with Gasteiger partial charge in [0, 0.05) is 6.07 Å². The first-order chi connectivity index (χ1) is 8.95.